The molecule has 104 valence electrons. The van der Waals surface area contributed by atoms with Crippen molar-refractivity contribution in [2.75, 3.05) is 31.2 Å². The molecular weight excluding hydrogens is 250 g/mol. The zero-order valence-electron chi connectivity index (χ0n) is 10.8. The molecule has 0 bridgehead atoms. The van der Waals surface area contributed by atoms with Crippen LogP contribution in [0.4, 0.5) is 11.5 Å². The van der Waals surface area contributed by atoms with Crippen molar-refractivity contribution in [2.24, 2.45) is 0 Å². The first-order valence-corrected chi connectivity index (χ1v) is 6.26. The van der Waals surface area contributed by atoms with Gasteiger partial charge >= 0.3 is 5.82 Å². The number of hydrogen-bond donors (Lipinski definition) is 1. The van der Waals surface area contributed by atoms with Gasteiger partial charge in [-0.3, -0.25) is 0 Å². The van der Waals surface area contributed by atoms with E-state index in [0.717, 1.165) is 12.0 Å². The summed E-state index contributed by atoms with van der Waals surface area (Å²) in [6.07, 6.45) is 2.00. The summed E-state index contributed by atoms with van der Waals surface area (Å²) in [4.78, 5) is 16.4. The van der Waals surface area contributed by atoms with Crippen molar-refractivity contribution in [3.63, 3.8) is 0 Å². The Morgan fingerprint density at radius 1 is 1.68 bits per heavy atom. The Kier molecular flexibility index (Phi) is 4.28. The number of aliphatic hydroxyl groups is 1. The molecule has 1 aliphatic heterocycles. The summed E-state index contributed by atoms with van der Waals surface area (Å²) in [7, 11) is 0. The minimum atomic E-state index is -0.474. The van der Waals surface area contributed by atoms with Gasteiger partial charge in [0.25, 0.3) is 0 Å². The van der Waals surface area contributed by atoms with Gasteiger partial charge in [-0.25, -0.2) is 0 Å². The Morgan fingerprint density at radius 3 is 3.11 bits per heavy atom. The number of nitro groups is 1. The molecule has 0 aliphatic carbocycles. The van der Waals surface area contributed by atoms with Crippen LogP contribution in [0.5, 0.6) is 0 Å². The topological polar surface area (TPSA) is 88.7 Å². The van der Waals surface area contributed by atoms with Gasteiger partial charge in [-0.05, 0) is 28.0 Å². The van der Waals surface area contributed by atoms with Gasteiger partial charge in [0.1, 0.15) is 11.9 Å². The second kappa shape index (κ2) is 5.94. The van der Waals surface area contributed by atoms with E-state index in [1.165, 1.54) is 6.20 Å². The molecule has 0 radical (unpaired) electrons. The van der Waals surface area contributed by atoms with Crippen molar-refractivity contribution in [3.8, 4) is 0 Å². The predicted octanol–water partition coefficient (Wildman–Crippen LogP) is 0.750. The van der Waals surface area contributed by atoms with E-state index in [4.69, 9.17) is 9.84 Å². The first-order valence-electron chi connectivity index (χ1n) is 6.26. The van der Waals surface area contributed by atoms with Crippen LogP contribution in [-0.4, -0.2) is 47.4 Å². The van der Waals surface area contributed by atoms with Gasteiger partial charge in [-0.15, -0.1) is 0 Å². The fraction of sp³-hybridized carbons (Fsp3) is 0.583. The Bertz CT molecular complexity index is 466. The number of aromatic nitrogens is 1. The van der Waals surface area contributed by atoms with Crippen LogP contribution in [0.1, 0.15) is 12.5 Å². The molecule has 1 aromatic rings. The van der Waals surface area contributed by atoms with Crippen molar-refractivity contribution in [1.29, 1.82) is 0 Å². The van der Waals surface area contributed by atoms with Gasteiger partial charge < -0.3 is 24.9 Å². The van der Waals surface area contributed by atoms with Gasteiger partial charge in [0.2, 0.25) is 0 Å². The maximum Gasteiger partial charge on any atom is 0.387 e. The zero-order valence-corrected chi connectivity index (χ0v) is 10.8. The van der Waals surface area contributed by atoms with Crippen LogP contribution >= 0.6 is 0 Å². The number of aliphatic hydroxyl groups excluding tert-OH is 1. The Morgan fingerprint density at radius 2 is 2.47 bits per heavy atom. The molecular formula is C12H17N3O4. The molecule has 7 nitrogen and oxygen atoms in total. The van der Waals surface area contributed by atoms with E-state index < -0.39 is 4.92 Å². The molecule has 1 unspecified atom stereocenters. The van der Waals surface area contributed by atoms with Crippen LogP contribution in [0.2, 0.25) is 0 Å². The van der Waals surface area contributed by atoms with Gasteiger partial charge in [0.15, 0.2) is 0 Å². The number of nitrogens with zero attached hydrogens (tertiary/aromatic N) is 3. The van der Waals surface area contributed by atoms with Crippen LogP contribution in [-0.2, 0) is 11.2 Å². The van der Waals surface area contributed by atoms with E-state index in [-0.39, 0.29) is 18.5 Å². The van der Waals surface area contributed by atoms with Crippen LogP contribution in [0.3, 0.4) is 0 Å². The van der Waals surface area contributed by atoms with Crippen LogP contribution in [0.25, 0.3) is 0 Å². The summed E-state index contributed by atoms with van der Waals surface area (Å²) < 4.78 is 5.35. The van der Waals surface area contributed by atoms with E-state index in [0.29, 0.717) is 25.4 Å². The lowest BCUT2D eigenvalue weighted by molar-refractivity contribution is -0.388. The van der Waals surface area contributed by atoms with Crippen molar-refractivity contribution in [3.05, 3.63) is 27.9 Å². The van der Waals surface area contributed by atoms with E-state index in [9.17, 15) is 10.1 Å². The molecule has 1 atom stereocenters. The highest BCUT2D eigenvalue weighted by Crippen LogP contribution is 2.28. The smallest absolute Gasteiger partial charge is 0.387 e. The molecule has 19 heavy (non-hydrogen) atoms. The number of morpholine rings is 1. The Balaban J connectivity index is 2.32. The lowest BCUT2D eigenvalue weighted by Gasteiger charge is -2.33. The maximum atomic E-state index is 11.1. The molecule has 0 spiro atoms. The summed E-state index contributed by atoms with van der Waals surface area (Å²) >= 11 is 0. The predicted molar refractivity (Wildman–Crippen MR) is 69.3 cm³/mol. The zero-order chi connectivity index (χ0) is 13.8. The number of anilines is 1. The number of ether oxygens (including phenoxy) is 1. The molecule has 1 fully saturated rings. The largest absolute Gasteiger partial charge is 0.394 e. The SMILES string of the molecule is CCc1cnc([N+](=O)[O-])c(N2CCOC(CO)C2)c1. The summed E-state index contributed by atoms with van der Waals surface area (Å²) in [6.45, 7) is 3.32. The fourth-order valence-electron chi connectivity index (χ4n) is 2.10. The standard InChI is InChI=1S/C12H17N3O4/c1-2-9-5-11(12(13-6-9)15(17)18)14-3-4-19-10(7-14)8-16/h5-6,10,16H,2-4,7-8H2,1H3. The lowest BCUT2D eigenvalue weighted by Crippen LogP contribution is -2.44. The van der Waals surface area contributed by atoms with Gasteiger partial charge in [-0.2, -0.15) is 0 Å². The monoisotopic (exact) mass is 267 g/mol. The van der Waals surface area contributed by atoms with E-state index in [2.05, 4.69) is 4.98 Å². The third-order valence-corrected chi connectivity index (χ3v) is 3.17. The van der Waals surface area contributed by atoms with Crippen LogP contribution < -0.4 is 4.90 Å². The van der Waals surface area contributed by atoms with Gasteiger partial charge in [-0.1, -0.05) is 6.92 Å². The van der Waals surface area contributed by atoms with E-state index >= 15 is 0 Å². The average Bonchev–Trinajstić information content (AvgIpc) is 2.46. The first-order chi connectivity index (χ1) is 9.15. The molecule has 2 heterocycles. The highest BCUT2D eigenvalue weighted by Gasteiger charge is 2.26. The van der Waals surface area contributed by atoms with Crippen molar-refractivity contribution in [2.45, 2.75) is 19.4 Å². The summed E-state index contributed by atoms with van der Waals surface area (Å²) in [5, 5.41) is 20.2. The second-order valence-corrected chi connectivity index (χ2v) is 4.42. The summed E-state index contributed by atoms with van der Waals surface area (Å²) in [5.74, 6) is -0.143. The second-order valence-electron chi connectivity index (χ2n) is 4.42. The minimum Gasteiger partial charge on any atom is -0.394 e. The fourth-order valence-corrected chi connectivity index (χ4v) is 2.10. The molecule has 1 aliphatic rings. The van der Waals surface area contributed by atoms with Crippen molar-refractivity contribution in [1.82, 2.24) is 4.98 Å². The van der Waals surface area contributed by atoms with Gasteiger partial charge in [0.05, 0.1) is 19.3 Å². The van der Waals surface area contributed by atoms with E-state index in [1.54, 1.807) is 6.07 Å². The Hall–Kier alpha value is -1.73. The highest BCUT2D eigenvalue weighted by molar-refractivity contribution is 5.60. The highest BCUT2D eigenvalue weighted by atomic mass is 16.6. The third kappa shape index (κ3) is 2.99. The first kappa shape index (κ1) is 13.7. The molecule has 2 rings (SSSR count). The molecule has 0 aromatic carbocycles. The molecule has 0 saturated carbocycles. The molecule has 7 heteroatoms. The molecule has 0 amide bonds. The average molecular weight is 267 g/mol. The molecule has 1 saturated heterocycles. The summed E-state index contributed by atoms with van der Waals surface area (Å²) in [6, 6.07) is 1.80. The molecule has 1 N–H and O–H groups in total. The number of rotatable bonds is 4. The Labute approximate surface area is 111 Å². The van der Waals surface area contributed by atoms with Crippen LogP contribution in [0, 0.1) is 10.1 Å². The van der Waals surface area contributed by atoms with Crippen molar-refractivity contribution < 1.29 is 14.8 Å². The quantitative estimate of drug-likeness (QED) is 0.639. The number of hydrogen-bond acceptors (Lipinski definition) is 6. The maximum absolute atomic E-state index is 11.1. The summed E-state index contributed by atoms with van der Waals surface area (Å²) in [5.41, 5.74) is 1.46. The van der Waals surface area contributed by atoms with E-state index in [1.807, 2.05) is 11.8 Å². The lowest BCUT2D eigenvalue weighted by atomic mass is 10.2. The van der Waals surface area contributed by atoms with Gasteiger partial charge in [0, 0.05) is 13.1 Å². The minimum absolute atomic E-state index is 0.0921. The van der Waals surface area contributed by atoms with Crippen molar-refractivity contribution >= 4 is 11.5 Å². The third-order valence-electron chi connectivity index (χ3n) is 3.17. The molecule has 1 aromatic heterocycles. The number of pyridine rings is 1. The normalized spacial score (nSPS) is 19.5. The van der Waals surface area contributed by atoms with Crippen LogP contribution in [0.15, 0.2) is 12.3 Å². The number of aryl methyl sites for hydroxylation is 1.